The third kappa shape index (κ3) is 8.23. The van der Waals surface area contributed by atoms with E-state index in [0.717, 1.165) is 6.54 Å². The van der Waals surface area contributed by atoms with Gasteiger partial charge in [0, 0.05) is 19.0 Å². The maximum atomic E-state index is 11.4. The number of carbonyl (C=O) groups excluding carboxylic acids is 2. The van der Waals surface area contributed by atoms with Crippen LogP contribution in [-0.2, 0) is 14.3 Å². The molecule has 0 saturated carbocycles. The second-order valence-electron chi connectivity index (χ2n) is 3.57. The number of rotatable bonds is 8. The van der Waals surface area contributed by atoms with Crippen molar-refractivity contribution < 1.29 is 14.3 Å². The summed E-state index contributed by atoms with van der Waals surface area (Å²) in [5, 5.41) is 5.82. The number of hydrogen-bond acceptors (Lipinski definition) is 4. The Balaban J connectivity index is 3.54. The first-order chi connectivity index (χ1) is 7.60. The average Bonchev–Trinajstić information content (AvgIpc) is 2.18. The van der Waals surface area contributed by atoms with Crippen LogP contribution in [0, 0.1) is 0 Å². The Morgan fingerprint density at radius 3 is 2.56 bits per heavy atom. The highest BCUT2D eigenvalue weighted by Crippen LogP contribution is 1.91. The van der Waals surface area contributed by atoms with Crippen molar-refractivity contribution in [2.45, 2.75) is 39.7 Å². The Morgan fingerprint density at radius 2 is 2.00 bits per heavy atom. The van der Waals surface area contributed by atoms with Gasteiger partial charge in [-0.1, -0.05) is 6.92 Å². The molecule has 0 aliphatic rings. The normalized spacial score (nSPS) is 11.9. The van der Waals surface area contributed by atoms with E-state index in [2.05, 4.69) is 10.6 Å². The van der Waals surface area contributed by atoms with Crippen LogP contribution in [0.4, 0.5) is 0 Å². The summed E-state index contributed by atoms with van der Waals surface area (Å²) in [7, 11) is 0. The molecule has 1 atom stereocenters. The van der Waals surface area contributed by atoms with Gasteiger partial charge in [-0.2, -0.15) is 0 Å². The monoisotopic (exact) mass is 230 g/mol. The molecule has 0 spiro atoms. The Hall–Kier alpha value is -1.10. The van der Waals surface area contributed by atoms with E-state index in [1.165, 1.54) is 0 Å². The molecule has 5 heteroatoms. The summed E-state index contributed by atoms with van der Waals surface area (Å²) in [6, 6.07) is 0.160. The smallest absolute Gasteiger partial charge is 0.307 e. The molecule has 0 aliphatic carbocycles. The van der Waals surface area contributed by atoms with Gasteiger partial charge in [-0.3, -0.25) is 9.59 Å². The van der Waals surface area contributed by atoms with E-state index < -0.39 is 0 Å². The first-order valence-corrected chi connectivity index (χ1v) is 5.75. The van der Waals surface area contributed by atoms with Gasteiger partial charge in [0.1, 0.15) is 0 Å². The average molecular weight is 230 g/mol. The molecule has 0 heterocycles. The van der Waals surface area contributed by atoms with Crippen LogP contribution in [0.2, 0.25) is 0 Å². The van der Waals surface area contributed by atoms with Gasteiger partial charge in [0.15, 0.2) is 0 Å². The second-order valence-corrected chi connectivity index (χ2v) is 3.57. The summed E-state index contributed by atoms with van der Waals surface area (Å²) in [6.45, 7) is 7.27. The minimum atomic E-state index is -0.275. The molecule has 1 unspecified atom stereocenters. The Bertz CT molecular complexity index is 219. The highest BCUT2D eigenvalue weighted by molar-refractivity contribution is 5.77. The summed E-state index contributed by atoms with van der Waals surface area (Å²) >= 11 is 0. The van der Waals surface area contributed by atoms with Crippen LogP contribution < -0.4 is 10.6 Å². The minimum absolute atomic E-state index is 0.0438. The highest BCUT2D eigenvalue weighted by atomic mass is 16.5. The zero-order valence-corrected chi connectivity index (χ0v) is 10.3. The van der Waals surface area contributed by atoms with Crippen LogP contribution in [0.25, 0.3) is 0 Å². The molecule has 0 aromatic rings. The molecule has 0 saturated heterocycles. The van der Waals surface area contributed by atoms with Crippen molar-refractivity contribution in [3.05, 3.63) is 0 Å². The predicted octanol–water partition coefficient (Wildman–Crippen LogP) is 0.444. The fraction of sp³-hybridized carbons (Fsp3) is 0.818. The van der Waals surface area contributed by atoms with E-state index in [1.807, 2.05) is 13.8 Å². The Kier molecular flexibility index (Phi) is 8.52. The van der Waals surface area contributed by atoms with E-state index >= 15 is 0 Å². The molecule has 0 bridgehead atoms. The quantitative estimate of drug-likeness (QED) is 0.594. The SMILES string of the molecule is CCNC(C)CC(=O)NCCC(=O)OCC. The molecular formula is C11H22N2O3. The maximum Gasteiger partial charge on any atom is 0.307 e. The summed E-state index contributed by atoms with van der Waals surface area (Å²) in [4.78, 5) is 22.3. The number of hydrogen-bond donors (Lipinski definition) is 2. The fourth-order valence-electron chi connectivity index (χ4n) is 1.31. The molecule has 0 aromatic carbocycles. The van der Waals surface area contributed by atoms with Crippen molar-refractivity contribution in [1.82, 2.24) is 10.6 Å². The fourth-order valence-corrected chi connectivity index (χ4v) is 1.31. The molecule has 0 radical (unpaired) electrons. The topological polar surface area (TPSA) is 67.4 Å². The molecule has 0 aromatic heterocycles. The second kappa shape index (κ2) is 9.15. The van der Waals surface area contributed by atoms with Crippen LogP contribution in [0.15, 0.2) is 0 Å². The predicted molar refractivity (Wildman–Crippen MR) is 62.0 cm³/mol. The standard InChI is InChI=1S/C11H22N2O3/c1-4-12-9(3)8-10(14)13-7-6-11(15)16-5-2/h9,12H,4-8H2,1-3H3,(H,13,14). The van der Waals surface area contributed by atoms with E-state index in [0.29, 0.717) is 19.6 Å². The summed E-state index contributed by atoms with van der Waals surface area (Å²) in [6.07, 6.45) is 0.659. The van der Waals surface area contributed by atoms with Gasteiger partial charge < -0.3 is 15.4 Å². The number of esters is 1. The summed E-state index contributed by atoms with van der Waals surface area (Å²) < 4.78 is 4.74. The Morgan fingerprint density at radius 1 is 1.31 bits per heavy atom. The van der Waals surface area contributed by atoms with Crippen molar-refractivity contribution in [2.75, 3.05) is 19.7 Å². The van der Waals surface area contributed by atoms with Gasteiger partial charge >= 0.3 is 5.97 Å². The van der Waals surface area contributed by atoms with Gasteiger partial charge in [0.2, 0.25) is 5.91 Å². The molecule has 2 N–H and O–H groups in total. The van der Waals surface area contributed by atoms with Gasteiger partial charge in [-0.15, -0.1) is 0 Å². The lowest BCUT2D eigenvalue weighted by Crippen LogP contribution is -2.34. The molecule has 0 rings (SSSR count). The first kappa shape index (κ1) is 14.9. The third-order valence-electron chi connectivity index (χ3n) is 2.00. The van der Waals surface area contributed by atoms with Crippen LogP contribution in [-0.4, -0.2) is 37.6 Å². The summed E-state index contributed by atoms with van der Waals surface area (Å²) in [5.41, 5.74) is 0. The minimum Gasteiger partial charge on any atom is -0.466 e. The lowest BCUT2D eigenvalue weighted by molar-refractivity contribution is -0.143. The molecule has 0 aliphatic heterocycles. The van der Waals surface area contributed by atoms with E-state index in [9.17, 15) is 9.59 Å². The van der Waals surface area contributed by atoms with Gasteiger partial charge in [-0.25, -0.2) is 0 Å². The van der Waals surface area contributed by atoms with Crippen molar-refractivity contribution in [3.63, 3.8) is 0 Å². The number of nitrogens with one attached hydrogen (secondary N) is 2. The molecule has 1 amide bonds. The zero-order valence-electron chi connectivity index (χ0n) is 10.3. The van der Waals surface area contributed by atoms with Gasteiger partial charge in [0.25, 0.3) is 0 Å². The van der Waals surface area contributed by atoms with E-state index in [-0.39, 0.29) is 24.3 Å². The van der Waals surface area contributed by atoms with Crippen molar-refractivity contribution in [2.24, 2.45) is 0 Å². The molecule has 16 heavy (non-hydrogen) atoms. The Labute approximate surface area is 96.9 Å². The lowest BCUT2D eigenvalue weighted by atomic mass is 10.2. The van der Waals surface area contributed by atoms with E-state index in [4.69, 9.17) is 4.74 Å². The van der Waals surface area contributed by atoms with Crippen LogP contribution >= 0.6 is 0 Å². The zero-order chi connectivity index (χ0) is 12.4. The van der Waals surface area contributed by atoms with Crippen molar-refractivity contribution in [1.29, 1.82) is 0 Å². The van der Waals surface area contributed by atoms with E-state index in [1.54, 1.807) is 6.92 Å². The largest absolute Gasteiger partial charge is 0.466 e. The molecule has 5 nitrogen and oxygen atoms in total. The van der Waals surface area contributed by atoms with Crippen LogP contribution in [0.1, 0.15) is 33.6 Å². The van der Waals surface area contributed by atoms with Crippen molar-refractivity contribution >= 4 is 11.9 Å². The van der Waals surface area contributed by atoms with Crippen molar-refractivity contribution in [3.8, 4) is 0 Å². The number of amides is 1. The molecule has 94 valence electrons. The lowest BCUT2D eigenvalue weighted by Gasteiger charge is -2.11. The number of carbonyl (C=O) groups is 2. The van der Waals surface area contributed by atoms with Gasteiger partial charge in [-0.05, 0) is 20.4 Å². The third-order valence-corrected chi connectivity index (χ3v) is 2.00. The van der Waals surface area contributed by atoms with Crippen LogP contribution in [0.5, 0.6) is 0 Å². The highest BCUT2D eigenvalue weighted by Gasteiger charge is 2.08. The van der Waals surface area contributed by atoms with Crippen LogP contribution in [0.3, 0.4) is 0 Å². The maximum absolute atomic E-state index is 11.4. The first-order valence-electron chi connectivity index (χ1n) is 5.75. The van der Waals surface area contributed by atoms with Gasteiger partial charge in [0.05, 0.1) is 13.0 Å². The molecular weight excluding hydrogens is 208 g/mol. The molecule has 0 fully saturated rings. The number of ether oxygens (including phenoxy) is 1. The summed E-state index contributed by atoms with van der Waals surface area (Å²) in [5.74, 6) is -0.319.